The minimum Gasteiger partial charge on any atom is -0.436 e. The number of benzene rings is 1. The fourth-order valence-corrected chi connectivity index (χ4v) is 1.37. The molecule has 0 bridgehead atoms. The smallest absolute Gasteiger partial charge is 0.219 e. The summed E-state index contributed by atoms with van der Waals surface area (Å²) in [5.41, 5.74) is 1.13. The molecule has 0 atom stereocenters. The number of para-hydroxylation sites is 1. The third-order valence-electron chi connectivity index (χ3n) is 2.27. The Kier molecular flexibility index (Phi) is 3.14. The van der Waals surface area contributed by atoms with Crippen LogP contribution in [0.4, 0.5) is 4.39 Å². The molecule has 1 aromatic heterocycles. The minimum absolute atomic E-state index is 0.152. The Morgan fingerprint density at radius 3 is 2.71 bits per heavy atom. The summed E-state index contributed by atoms with van der Waals surface area (Å²) in [5.74, 6) is -0.0334. The summed E-state index contributed by atoms with van der Waals surface area (Å²) in [5, 5.41) is 0. The van der Waals surface area contributed by atoms with E-state index in [-0.39, 0.29) is 11.6 Å². The van der Waals surface area contributed by atoms with Crippen LogP contribution in [0.2, 0.25) is 0 Å². The zero-order valence-corrected chi connectivity index (χ0v) is 9.18. The number of pyridine rings is 1. The number of hydrogen-bond donors (Lipinski definition) is 0. The standard InChI is InChI=1S/C13H10FNO2/c1-9-3-2-4-11(14)13(9)17-12-6-5-10(8-16)7-15-12/h2-8H,1H3. The highest BCUT2D eigenvalue weighted by molar-refractivity contribution is 5.74. The lowest BCUT2D eigenvalue weighted by Gasteiger charge is -2.08. The second-order valence-electron chi connectivity index (χ2n) is 3.54. The number of halogens is 1. The van der Waals surface area contributed by atoms with E-state index in [1.54, 1.807) is 25.1 Å². The van der Waals surface area contributed by atoms with Gasteiger partial charge < -0.3 is 4.74 Å². The maximum Gasteiger partial charge on any atom is 0.219 e. The molecule has 4 heteroatoms. The van der Waals surface area contributed by atoms with E-state index in [2.05, 4.69) is 4.98 Å². The molecule has 1 aromatic carbocycles. The van der Waals surface area contributed by atoms with Crippen molar-refractivity contribution in [1.82, 2.24) is 4.98 Å². The average Bonchev–Trinajstić information content (AvgIpc) is 2.35. The first kappa shape index (κ1) is 11.3. The molecule has 1 heterocycles. The van der Waals surface area contributed by atoms with Crippen LogP contribution in [0, 0.1) is 12.7 Å². The van der Waals surface area contributed by atoms with Gasteiger partial charge in [0, 0.05) is 17.8 Å². The van der Waals surface area contributed by atoms with Crippen molar-refractivity contribution >= 4 is 6.29 Å². The zero-order valence-electron chi connectivity index (χ0n) is 9.18. The van der Waals surface area contributed by atoms with Crippen LogP contribution in [0.3, 0.4) is 0 Å². The van der Waals surface area contributed by atoms with Gasteiger partial charge >= 0.3 is 0 Å². The van der Waals surface area contributed by atoms with E-state index in [0.717, 1.165) is 0 Å². The molecule has 86 valence electrons. The number of hydrogen-bond acceptors (Lipinski definition) is 3. The summed E-state index contributed by atoms with van der Waals surface area (Å²) in [7, 11) is 0. The van der Waals surface area contributed by atoms with Gasteiger partial charge in [-0.15, -0.1) is 0 Å². The summed E-state index contributed by atoms with van der Waals surface area (Å²) in [4.78, 5) is 14.4. The minimum atomic E-state index is -0.439. The molecule has 0 unspecified atom stereocenters. The Balaban J connectivity index is 2.28. The lowest BCUT2D eigenvalue weighted by Crippen LogP contribution is -1.94. The maximum absolute atomic E-state index is 13.5. The lowest BCUT2D eigenvalue weighted by molar-refractivity contribution is 0.112. The Morgan fingerprint density at radius 1 is 1.29 bits per heavy atom. The molecule has 0 N–H and O–H groups in total. The van der Waals surface area contributed by atoms with Gasteiger partial charge in [-0.25, -0.2) is 9.37 Å². The summed E-state index contributed by atoms with van der Waals surface area (Å²) in [6, 6.07) is 7.77. The van der Waals surface area contributed by atoms with E-state index in [9.17, 15) is 9.18 Å². The fraction of sp³-hybridized carbons (Fsp3) is 0.0769. The van der Waals surface area contributed by atoms with E-state index in [0.29, 0.717) is 17.4 Å². The number of carbonyl (C=O) groups excluding carboxylic acids is 1. The molecule has 0 saturated heterocycles. The van der Waals surface area contributed by atoms with Crippen molar-refractivity contribution in [2.75, 3.05) is 0 Å². The average molecular weight is 231 g/mol. The SMILES string of the molecule is Cc1cccc(F)c1Oc1ccc(C=O)cn1. The van der Waals surface area contributed by atoms with Gasteiger partial charge in [-0.3, -0.25) is 4.79 Å². The molecule has 0 spiro atoms. The molecule has 0 saturated carbocycles. The molecule has 17 heavy (non-hydrogen) atoms. The molecule has 0 radical (unpaired) electrons. The highest BCUT2D eigenvalue weighted by Gasteiger charge is 2.08. The van der Waals surface area contributed by atoms with Crippen LogP contribution < -0.4 is 4.74 Å². The second kappa shape index (κ2) is 4.74. The molecule has 3 nitrogen and oxygen atoms in total. The fourth-order valence-electron chi connectivity index (χ4n) is 1.37. The van der Waals surface area contributed by atoms with Crippen LogP contribution in [0.1, 0.15) is 15.9 Å². The third-order valence-corrected chi connectivity index (χ3v) is 2.27. The largest absolute Gasteiger partial charge is 0.436 e. The van der Waals surface area contributed by atoms with Crippen LogP contribution in [0.25, 0.3) is 0 Å². The number of aldehydes is 1. The third kappa shape index (κ3) is 2.47. The molecular weight excluding hydrogens is 221 g/mol. The molecule has 0 fully saturated rings. The molecule has 0 aliphatic heterocycles. The summed E-state index contributed by atoms with van der Waals surface area (Å²) < 4.78 is 18.8. The van der Waals surface area contributed by atoms with Gasteiger partial charge in [-0.1, -0.05) is 12.1 Å². The van der Waals surface area contributed by atoms with Crippen LogP contribution >= 0.6 is 0 Å². The number of ether oxygens (including phenoxy) is 1. The Labute approximate surface area is 97.9 Å². The normalized spacial score (nSPS) is 10.0. The second-order valence-corrected chi connectivity index (χ2v) is 3.54. The topological polar surface area (TPSA) is 39.2 Å². The van der Waals surface area contributed by atoms with Crippen LogP contribution in [0.15, 0.2) is 36.5 Å². The van der Waals surface area contributed by atoms with Crippen molar-refractivity contribution in [3.8, 4) is 11.6 Å². The summed E-state index contributed by atoms with van der Waals surface area (Å²) in [6.45, 7) is 1.75. The predicted octanol–water partition coefficient (Wildman–Crippen LogP) is 3.13. The first-order valence-corrected chi connectivity index (χ1v) is 5.05. The summed E-state index contributed by atoms with van der Waals surface area (Å²) in [6.07, 6.45) is 2.06. The molecule has 0 aliphatic carbocycles. The van der Waals surface area contributed by atoms with Gasteiger partial charge in [-0.05, 0) is 24.6 Å². The van der Waals surface area contributed by atoms with E-state index in [4.69, 9.17) is 4.74 Å². The van der Waals surface area contributed by atoms with E-state index < -0.39 is 5.82 Å². The zero-order chi connectivity index (χ0) is 12.3. The van der Waals surface area contributed by atoms with Crippen LogP contribution in [-0.4, -0.2) is 11.3 Å². The maximum atomic E-state index is 13.5. The summed E-state index contributed by atoms with van der Waals surface area (Å²) >= 11 is 0. The van der Waals surface area contributed by atoms with Gasteiger partial charge in [0.25, 0.3) is 0 Å². The van der Waals surface area contributed by atoms with Gasteiger partial charge in [0.1, 0.15) is 0 Å². The Bertz CT molecular complexity index is 517. The first-order valence-electron chi connectivity index (χ1n) is 5.05. The number of nitrogens with zero attached hydrogens (tertiary/aromatic N) is 1. The molecule has 0 amide bonds. The number of aromatic nitrogens is 1. The molecule has 2 rings (SSSR count). The van der Waals surface area contributed by atoms with Gasteiger partial charge in [0.05, 0.1) is 0 Å². The van der Waals surface area contributed by atoms with Crippen molar-refractivity contribution in [3.63, 3.8) is 0 Å². The van der Waals surface area contributed by atoms with E-state index in [1.165, 1.54) is 18.3 Å². The van der Waals surface area contributed by atoms with Gasteiger partial charge in [0.15, 0.2) is 17.9 Å². The molecule has 0 aliphatic rings. The van der Waals surface area contributed by atoms with Crippen LogP contribution in [-0.2, 0) is 0 Å². The van der Waals surface area contributed by atoms with Crippen molar-refractivity contribution in [2.45, 2.75) is 6.92 Å². The van der Waals surface area contributed by atoms with E-state index in [1.807, 2.05) is 0 Å². The Hall–Kier alpha value is -2.23. The quantitative estimate of drug-likeness (QED) is 0.762. The van der Waals surface area contributed by atoms with Gasteiger partial charge in [0.2, 0.25) is 5.88 Å². The van der Waals surface area contributed by atoms with E-state index >= 15 is 0 Å². The predicted molar refractivity (Wildman–Crippen MR) is 60.8 cm³/mol. The number of rotatable bonds is 3. The van der Waals surface area contributed by atoms with Crippen molar-refractivity contribution in [3.05, 3.63) is 53.5 Å². The first-order chi connectivity index (χ1) is 8.20. The number of aryl methyl sites for hydroxylation is 1. The van der Waals surface area contributed by atoms with Gasteiger partial charge in [-0.2, -0.15) is 0 Å². The van der Waals surface area contributed by atoms with Crippen molar-refractivity contribution in [1.29, 1.82) is 0 Å². The highest BCUT2D eigenvalue weighted by Crippen LogP contribution is 2.26. The Morgan fingerprint density at radius 2 is 2.12 bits per heavy atom. The highest BCUT2D eigenvalue weighted by atomic mass is 19.1. The molecule has 2 aromatic rings. The monoisotopic (exact) mass is 231 g/mol. The molecular formula is C13H10FNO2. The van der Waals surface area contributed by atoms with Crippen molar-refractivity contribution < 1.29 is 13.9 Å². The lowest BCUT2D eigenvalue weighted by atomic mass is 10.2. The van der Waals surface area contributed by atoms with Crippen molar-refractivity contribution in [2.24, 2.45) is 0 Å². The van der Waals surface area contributed by atoms with Crippen LogP contribution in [0.5, 0.6) is 11.6 Å². The number of carbonyl (C=O) groups is 1.